The lowest BCUT2D eigenvalue weighted by atomic mass is 10.3. The normalized spacial score (nSPS) is 14.5. The van der Waals surface area contributed by atoms with Gasteiger partial charge in [0.1, 0.15) is 11.6 Å². The second-order valence-corrected chi connectivity index (χ2v) is 6.61. The molecule has 106 valence electrons. The summed E-state index contributed by atoms with van der Waals surface area (Å²) in [6, 6.07) is 5.43. The Morgan fingerprint density at radius 3 is 3.05 bits per heavy atom. The van der Waals surface area contributed by atoms with Crippen molar-refractivity contribution in [2.24, 2.45) is 0 Å². The first-order chi connectivity index (χ1) is 9.70. The van der Waals surface area contributed by atoms with Crippen molar-refractivity contribution in [2.45, 2.75) is 32.0 Å². The van der Waals surface area contributed by atoms with Gasteiger partial charge in [-0.15, -0.1) is 11.3 Å². The fraction of sp³-hybridized carbons (Fsp3) is 0.357. The third-order valence-corrected chi connectivity index (χ3v) is 4.38. The van der Waals surface area contributed by atoms with Gasteiger partial charge in [0.2, 0.25) is 0 Å². The number of nitrogens with zero attached hydrogens (tertiary/aromatic N) is 1. The van der Waals surface area contributed by atoms with Gasteiger partial charge in [0.15, 0.2) is 11.6 Å². The van der Waals surface area contributed by atoms with Gasteiger partial charge >= 0.3 is 0 Å². The van der Waals surface area contributed by atoms with E-state index in [0.29, 0.717) is 17.1 Å². The van der Waals surface area contributed by atoms with E-state index in [1.165, 1.54) is 18.9 Å². The topological polar surface area (TPSA) is 34.1 Å². The van der Waals surface area contributed by atoms with Crippen LogP contribution in [0.25, 0.3) is 0 Å². The van der Waals surface area contributed by atoms with Crippen molar-refractivity contribution >= 4 is 27.3 Å². The number of halogens is 2. The Morgan fingerprint density at radius 1 is 1.45 bits per heavy atom. The molecular formula is C14H14BrFN2OS. The van der Waals surface area contributed by atoms with E-state index in [0.717, 1.165) is 17.2 Å². The molecule has 1 fully saturated rings. The molecule has 1 heterocycles. The molecule has 20 heavy (non-hydrogen) atoms. The maximum Gasteiger partial charge on any atom is 0.166 e. The molecule has 2 aromatic rings. The highest BCUT2D eigenvalue weighted by molar-refractivity contribution is 9.10. The largest absolute Gasteiger partial charge is 0.484 e. The Kier molecular flexibility index (Phi) is 4.33. The number of hydrogen-bond acceptors (Lipinski definition) is 4. The molecule has 1 aromatic heterocycles. The van der Waals surface area contributed by atoms with Gasteiger partial charge in [-0.2, -0.15) is 0 Å². The van der Waals surface area contributed by atoms with Crippen LogP contribution in [-0.4, -0.2) is 11.0 Å². The summed E-state index contributed by atoms with van der Waals surface area (Å²) in [5, 5.41) is 6.42. The Hall–Kier alpha value is -0.980. The minimum Gasteiger partial charge on any atom is -0.484 e. The van der Waals surface area contributed by atoms with Gasteiger partial charge in [-0.3, -0.25) is 0 Å². The Balaban J connectivity index is 1.54. The molecule has 1 N–H and O–H groups in total. The van der Waals surface area contributed by atoms with Gasteiger partial charge in [0.05, 0.1) is 5.69 Å². The summed E-state index contributed by atoms with van der Waals surface area (Å²) in [7, 11) is 0. The van der Waals surface area contributed by atoms with Crippen LogP contribution in [0.3, 0.4) is 0 Å². The van der Waals surface area contributed by atoms with E-state index in [4.69, 9.17) is 4.74 Å². The van der Waals surface area contributed by atoms with Crippen LogP contribution in [0, 0.1) is 5.82 Å². The highest BCUT2D eigenvalue weighted by atomic mass is 79.9. The molecule has 3 rings (SSSR count). The Bertz CT molecular complexity index is 601. The third kappa shape index (κ3) is 3.77. The van der Waals surface area contributed by atoms with E-state index in [9.17, 15) is 4.39 Å². The summed E-state index contributed by atoms with van der Waals surface area (Å²) in [6.07, 6.45) is 2.54. The molecule has 0 unspecified atom stereocenters. The van der Waals surface area contributed by atoms with Gasteiger partial charge in [-0.1, -0.05) is 15.9 Å². The van der Waals surface area contributed by atoms with Crippen LogP contribution in [0.2, 0.25) is 0 Å². The predicted octanol–water partition coefficient (Wildman–Crippen LogP) is 3.88. The molecule has 0 atom stereocenters. The number of ether oxygens (including phenoxy) is 1. The smallest absolute Gasteiger partial charge is 0.166 e. The molecule has 0 radical (unpaired) electrons. The molecule has 1 saturated carbocycles. The molecule has 1 aliphatic rings. The van der Waals surface area contributed by atoms with E-state index in [1.807, 2.05) is 5.38 Å². The maximum absolute atomic E-state index is 13.6. The zero-order valence-electron chi connectivity index (χ0n) is 10.7. The van der Waals surface area contributed by atoms with Crippen molar-refractivity contribution in [3.8, 4) is 5.75 Å². The van der Waals surface area contributed by atoms with Gasteiger partial charge < -0.3 is 10.1 Å². The predicted molar refractivity (Wildman–Crippen MR) is 80.4 cm³/mol. The summed E-state index contributed by atoms with van der Waals surface area (Å²) in [5.41, 5.74) is 0.838. The number of benzene rings is 1. The molecule has 0 amide bonds. The molecule has 0 bridgehead atoms. The number of rotatable bonds is 6. The monoisotopic (exact) mass is 356 g/mol. The Morgan fingerprint density at radius 2 is 2.30 bits per heavy atom. The van der Waals surface area contributed by atoms with Crippen molar-refractivity contribution in [2.75, 3.05) is 0 Å². The van der Waals surface area contributed by atoms with Crippen LogP contribution in [0.15, 0.2) is 28.1 Å². The zero-order valence-corrected chi connectivity index (χ0v) is 13.1. The van der Waals surface area contributed by atoms with Crippen molar-refractivity contribution < 1.29 is 9.13 Å². The van der Waals surface area contributed by atoms with Crippen LogP contribution in [0.1, 0.15) is 23.5 Å². The van der Waals surface area contributed by atoms with Gasteiger partial charge in [0.25, 0.3) is 0 Å². The molecule has 6 heteroatoms. The molecular weight excluding hydrogens is 343 g/mol. The second kappa shape index (κ2) is 6.20. The molecule has 0 saturated heterocycles. The summed E-state index contributed by atoms with van der Waals surface area (Å²) in [6.45, 7) is 1.10. The van der Waals surface area contributed by atoms with Crippen LogP contribution in [-0.2, 0) is 13.2 Å². The van der Waals surface area contributed by atoms with E-state index in [1.54, 1.807) is 23.5 Å². The first-order valence-corrected chi connectivity index (χ1v) is 8.12. The molecule has 1 aromatic carbocycles. The molecule has 0 aliphatic heterocycles. The average molecular weight is 357 g/mol. The third-order valence-electron chi connectivity index (χ3n) is 2.99. The van der Waals surface area contributed by atoms with E-state index in [-0.39, 0.29) is 11.6 Å². The maximum atomic E-state index is 13.6. The highest BCUT2D eigenvalue weighted by Gasteiger charge is 2.20. The van der Waals surface area contributed by atoms with Crippen molar-refractivity contribution in [3.05, 3.63) is 44.6 Å². The molecule has 1 aliphatic carbocycles. The van der Waals surface area contributed by atoms with E-state index < -0.39 is 0 Å². The fourth-order valence-corrected chi connectivity index (χ4v) is 2.82. The lowest BCUT2D eigenvalue weighted by Gasteiger charge is -2.05. The van der Waals surface area contributed by atoms with Crippen LogP contribution < -0.4 is 10.1 Å². The minimum atomic E-state index is -0.370. The average Bonchev–Trinajstić information content (AvgIpc) is 3.14. The SMILES string of the molecule is Fc1cc(Br)ccc1OCc1csc(CNC2CC2)n1. The van der Waals surface area contributed by atoms with Crippen molar-refractivity contribution in [1.82, 2.24) is 10.3 Å². The Labute approximate surface area is 129 Å². The fourth-order valence-electron chi connectivity index (χ4n) is 1.76. The lowest BCUT2D eigenvalue weighted by molar-refractivity contribution is 0.286. The lowest BCUT2D eigenvalue weighted by Crippen LogP contribution is -2.15. The summed E-state index contributed by atoms with van der Waals surface area (Å²) in [5.74, 6) is -0.121. The summed E-state index contributed by atoms with van der Waals surface area (Å²) >= 11 is 4.82. The van der Waals surface area contributed by atoms with E-state index in [2.05, 4.69) is 26.2 Å². The van der Waals surface area contributed by atoms with E-state index >= 15 is 0 Å². The second-order valence-electron chi connectivity index (χ2n) is 4.75. The van der Waals surface area contributed by atoms with Gasteiger partial charge in [-0.05, 0) is 31.0 Å². The number of aromatic nitrogens is 1. The first-order valence-electron chi connectivity index (χ1n) is 6.45. The highest BCUT2D eigenvalue weighted by Crippen LogP contribution is 2.23. The quantitative estimate of drug-likeness (QED) is 0.852. The first kappa shape index (κ1) is 14.0. The molecule has 3 nitrogen and oxygen atoms in total. The van der Waals surface area contributed by atoms with Gasteiger partial charge in [0, 0.05) is 22.4 Å². The van der Waals surface area contributed by atoms with Crippen LogP contribution in [0.5, 0.6) is 5.75 Å². The van der Waals surface area contributed by atoms with Gasteiger partial charge in [-0.25, -0.2) is 9.37 Å². The zero-order chi connectivity index (χ0) is 13.9. The summed E-state index contributed by atoms with van der Waals surface area (Å²) in [4.78, 5) is 4.47. The number of nitrogens with one attached hydrogen (secondary N) is 1. The minimum absolute atomic E-state index is 0.249. The van der Waals surface area contributed by atoms with Crippen LogP contribution in [0.4, 0.5) is 4.39 Å². The van der Waals surface area contributed by atoms with Crippen molar-refractivity contribution in [3.63, 3.8) is 0 Å². The van der Waals surface area contributed by atoms with Crippen LogP contribution >= 0.6 is 27.3 Å². The molecule has 0 spiro atoms. The number of thiazole rings is 1. The van der Waals surface area contributed by atoms with Crippen molar-refractivity contribution in [1.29, 1.82) is 0 Å². The standard InChI is InChI=1S/C14H14BrFN2OS/c15-9-1-4-13(12(16)5-9)19-7-11-8-20-14(18-11)6-17-10-2-3-10/h1,4-5,8,10,17H,2-3,6-7H2. The number of hydrogen-bond donors (Lipinski definition) is 1. The summed E-state index contributed by atoms with van der Waals surface area (Å²) < 4.78 is 19.7.